The number of ether oxygens (including phenoxy) is 2. The van der Waals surface area contributed by atoms with Crippen molar-refractivity contribution in [2.45, 2.75) is 76.4 Å². The van der Waals surface area contributed by atoms with Crippen molar-refractivity contribution in [3.05, 3.63) is 33.1 Å². The van der Waals surface area contributed by atoms with E-state index in [1.165, 1.54) is 37.9 Å². The molecule has 2 rings (SSSR count). The molecule has 2 heterocycles. The molecule has 1 saturated heterocycles. The third-order valence-electron chi connectivity index (χ3n) is 4.67. The third kappa shape index (κ3) is 5.51. The van der Waals surface area contributed by atoms with Gasteiger partial charge in [-0.1, -0.05) is 45.4 Å². The smallest absolute Gasteiger partial charge is 0.330 e. The van der Waals surface area contributed by atoms with Gasteiger partial charge >= 0.3 is 5.69 Å². The van der Waals surface area contributed by atoms with Crippen molar-refractivity contribution in [1.29, 1.82) is 0 Å². The van der Waals surface area contributed by atoms with E-state index in [-0.39, 0.29) is 6.61 Å². The van der Waals surface area contributed by atoms with Gasteiger partial charge in [-0.05, 0) is 6.42 Å². The van der Waals surface area contributed by atoms with E-state index in [2.05, 4.69) is 11.9 Å². The Labute approximate surface area is 152 Å². The molecule has 26 heavy (non-hydrogen) atoms. The number of rotatable bonds is 11. The molecular formula is C18H30N2O6. The van der Waals surface area contributed by atoms with Crippen molar-refractivity contribution in [3.63, 3.8) is 0 Å². The van der Waals surface area contributed by atoms with Crippen LogP contribution in [0.15, 0.2) is 21.9 Å². The molecule has 0 saturated carbocycles. The SMILES string of the molecule is CCCCCCCCCOC1C(O)[C@@H](n2ccc(=O)[nH]c2=O)O[C@H]1CO. The molecule has 4 atom stereocenters. The molecule has 2 unspecified atom stereocenters. The van der Waals surface area contributed by atoms with E-state index in [1.807, 2.05) is 0 Å². The fraction of sp³-hybridized carbons (Fsp3) is 0.778. The molecule has 0 bridgehead atoms. The Balaban J connectivity index is 1.84. The lowest BCUT2D eigenvalue weighted by atomic mass is 10.1. The van der Waals surface area contributed by atoms with Crippen LogP contribution < -0.4 is 11.2 Å². The number of nitrogens with one attached hydrogen (secondary N) is 1. The van der Waals surface area contributed by atoms with Gasteiger partial charge in [0.15, 0.2) is 6.23 Å². The lowest BCUT2D eigenvalue weighted by Crippen LogP contribution is -2.39. The van der Waals surface area contributed by atoms with Gasteiger partial charge in [0.25, 0.3) is 5.56 Å². The number of nitrogens with zero attached hydrogens (tertiary/aromatic N) is 1. The van der Waals surface area contributed by atoms with Crippen molar-refractivity contribution < 1.29 is 19.7 Å². The topological polar surface area (TPSA) is 114 Å². The molecule has 0 radical (unpaired) electrons. The van der Waals surface area contributed by atoms with Gasteiger partial charge in [0.05, 0.1) is 6.61 Å². The number of H-pyrrole nitrogens is 1. The first-order chi connectivity index (χ1) is 12.6. The largest absolute Gasteiger partial charge is 0.394 e. The van der Waals surface area contributed by atoms with Crippen LogP contribution in [0.25, 0.3) is 0 Å². The zero-order chi connectivity index (χ0) is 18.9. The second-order valence-corrected chi connectivity index (χ2v) is 6.71. The Morgan fingerprint density at radius 3 is 2.54 bits per heavy atom. The lowest BCUT2D eigenvalue weighted by molar-refractivity contribution is -0.0626. The fourth-order valence-corrected chi connectivity index (χ4v) is 3.21. The standard InChI is InChI=1S/C18H30N2O6/c1-2-3-4-5-6-7-8-11-25-16-13(12-21)26-17(15(16)23)20-10-9-14(22)19-18(20)24/h9-10,13,15-17,21,23H,2-8,11-12H2,1H3,(H,19,22,24)/t13-,15?,16?,17-/m0/s1. The average Bonchev–Trinajstić information content (AvgIpc) is 2.93. The summed E-state index contributed by atoms with van der Waals surface area (Å²) < 4.78 is 12.4. The minimum Gasteiger partial charge on any atom is -0.394 e. The van der Waals surface area contributed by atoms with E-state index in [0.29, 0.717) is 6.61 Å². The lowest BCUT2D eigenvalue weighted by Gasteiger charge is -2.20. The predicted octanol–water partition coefficient (Wildman–Crippen LogP) is 0.923. The van der Waals surface area contributed by atoms with Crippen LogP contribution in [0.4, 0.5) is 0 Å². The first kappa shape index (κ1) is 20.8. The molecule has 148 valence electrons. The fourth-order valence-electron chi connectivity index (χ4n) is 3.21. The Morgan fingerprint density at radius 2 is 1.88 bits per heavy atom. The van der Waals surface area contributed by atoms with Crippen LogP contribution in [0.2, 0.25) is 0 Å². The third-order valence-corrected chi connectivity index (χ3v) is 4.67. The van der Waals surface area contributed by atoms with E-state index in [9.17, 15) is 19.8 Å². The maximum atomic E-state index is 11.9. The summed E-state index contributed by atoms with van der Waals surface area (Å²) in [6.45, 7) is 2.32. The molecule has 1 aromatic heterocycles. The molecule has 3 N–H and O–H groups in total. The zero-order valence-corrected chi connectivity index (χ0v) is 15.3. The minimum atomic E-state index is -1.11. The molecule has 8 heteroatoms. The Kier molecular flexibility index (Phi) is 8.50. The predicted molar refractivity (Wildman–Crippen MR) is 96.1 cm³/mol. The van der Waals surface area contributed by atoms with Gasteiger partial charge in [-0.3, -0.25) is 14.3 Å². The van der Waals surface area contributed by atoms with E-state index in [1.54, 1.807) is 0 Å². The highest BCUT2D eigenvalue weighted by atomic mass is 16.6. The van der Waals surface area contributed by atoms with Crippen molar-refractivity contribution >= 4 is 0 Å². The monoisotopic (exact) mass is 370 g/mol. The van der Waals surface area contributed by atoms with Crippen LogP contribution in [0.1, 0.15) is 58.1 Å². The minimum absolute atomic E-state index is 0.326. The van der Waals surface area contributed by atoms with Crippen LogP contribution in [0, 0.1) is 0 Å². The molecule has 1 aliphatic rings. The maximum absolute atomic E-state index is 11.9. The molecule has 0 aromatic carbocycles. The van der Waals surface area contributed by atoms with Crippen molar-refractivity contribution in [1.82, 2.24) is 9.55 Å². The number of aromatic amines is 1. The molecule has 0 amide bonds. The number of aromatic nitrogens is 2. The summed E-state index contributed by atoms with van der Waals surface area (Å²) in [7, 11) is 0. The molecule has 1 aromatic rings. The van der Waals surface area contributed by atoms with Crippen molar-refractivity contribution in [3.8, 4) is 0 Å². The van der Waals surface area contributed by atoms with E-state index >= 15 is 0 Å². The molecule has 8 nitrogen and oxygen atoms in total. The number of hydrogen-bond acceptors (Lipinski definition) is 6. The normalized spacial score (nSPS) is 25.7. The van der Waals surface area contributed by atoms with Crippen LogP contribution in [-0.4, -0.2) is 51.3 Å². The van der Waals surface area contributed by atoms with E-state index in [0.717, 1.165) is 23.8 Å². The number of hydrogen-bond donors (Lipinski definition) is 3. The van der Waals surface area contributed by atoms with Crippen molar-refractivity contribution in [2.75, 3.05) is 13.2 Å². The number of aliphatic hydroxyl groups excluding tert-OH is 2. The molecule has 1 fully saturated rings. The van der Waals surface area contributed by atoms with E-state index < -0.39 is 35.8 Å². The van der Waals surface area contributed by atoms with E-state index in [4.69, 9.17) is 9.47 Å². The Bertz CT molecular complexity index is 643. The number of aliphatic hydroxyl groups is 2. The van der Waals surface area contributed by atoms with Gasteiger partial charge in [0, 0.05) is 18.9 Å². The molecule has 0 aliphatic carbocycles. The summed E-state index contributed by atoms with van der Waals surface area (Å²) in [5.41, 5.74) is -1.20. The van der Waals surface area contributed by atoms with Gasteiger partial charge in [0.1, 0.15) is 18.3 Å². The van der Waals surface area contributed by atoms with Gasteiger partial charge in [0.2, 0.25) is 0 Å². The van der Waals surface area contributed by atoms with Gasteiger partial charge in [-0.15, -0.1) is 0 Å². The van der Waals surface area contributed by atoms with Crippen LogP contribution >= 0.6 is 0 Å². The Hall–Kier alpha value is -1.48. The van der Waals surface area contributed by atoms with Gasteiger partial charge in [-0.2, -0.15) is 0 Å². The van der Waals surface area contributed by atoms with Crippen LogP contribution in [-0.2, 0) is 9.47 Å². The second kappa shape index (κ2) is 10.6. The Morgan fingerprint density at radius 1 is 1.19 bits per heavy atom. The highest BCUT2D eigenvalue weighted by Crippen LogP contribution is 2.30. The quantitative estimate of drug-likeness (QED) is 0.499. The zero-order valence-electron chi connectivity index (χ0n) is 15.3. The van der Waals surface area contributed by atoms with Crippen LogP contribution in [0.3, 0.4) is 0 Å². The van der Waals surface area contributed by atoms with Crippen LogP contribution in [0.5, 0.6) is 0 Å². The highest BCUT2D eigenvalue weighted by molar-refractivity contribution is 4.93. The first-order valence-corrected chi connectivity index (χ1v) is 9.46. The second-order valence-electron chi connectivity index (χ2n) is 6.71. The summed E-state index contributed by atoms with van der Waals surface area (Å²) >= 11 is 0. The van der Waals surface area contributed by atoms with Gasteiger partial charge in [-0.25, -0.2) is 4.79 Å². The molecule has 0 spiro atoms. The summed E-state index contributed by atoms with van der Waals surface area (Å²) in [5.74, 6) is 0. The summed E-state index contributed by atoms with van der Waals surface area (Å²) in [5, 5.41) is 20.0. The summed E-state index contributed by atoms with van der Waals surface area (Å²) in [4.78, 5) is 25.2. The molecule has 1 aliphatic heterocycles. The maximum Gasteiger partial charge on any atom is 0.330 e. The molecular weight excluding hydrogens is 340 g/mol. The van der Waals surface area contributed by atoms with Gasteiger partial charge < -0.3 is 19.7 Å². The number of unbranched alkanes of at least 4 members (excludes halogenated alkanes) is 6. The first-order valence-electron chi connectivity index (χ1n) is 9.46. The average molecular weight is 370 g/mol. The van der Waals surface area contributed by atoms with Crippen molar-refractivity contribution in [2.24, 2.45) is 0 Å². The summed E-state index contributed by atoms with van der Waals surface area (Å²) in [6, 6.07) is 1.18. The summed E-state index contributed by atoms with van der Waals surface area (Å²) in [6.07, 6.45) is 5.77. The highest BCUT2D eigenvalue weighted by Gasteiger charge is 2.45.